The molecule has 3 rings (SSSR count). The average molecular weight is 300 g/mol. The molecule has 1 amide bonds. The van der Waals surface area contributed by atoms with Crippen LogP contribution in [0.4, 0.5) is 0 Å². The van der Waals surface area contributed by atoms with Gasteiger partial charge in [-0.15, -0.1) is 0 Å². The molecular formula is C16H20N4O2. The number of carbonyl (C=O) groups excluding carboxylic acids is 1. The SMILES string of the molecule is CO[C@@H]1CN(C(=O)c2[nH]cnc2-c2ccccc2)CC[C@@H]1N. The summed E-state index contributed by atoms with van der Waals surface area (Å²) in [4.78, 5) is 21.8. The summed E-state index contributed by atoms with van der Waals surface area (Å²) in [6.45, 7) is 1.14. The van der Waals surface area contributed by atoms with Gasteiger partial charge >= 0.3 is 0 Å². The highest BCUT2D eigenvalue weighted by atomic mass is 16.5. The van der Waals surface area contributed by atoms with E-state index in [0.717, 1.165) is 12.0 Å². The number of nitrogens with one attached hydrogen (secondary N) is 1. The van der Waals surface area contributed by atoms with Gasteiger partial charge in [-0.05, 0) is 6.42 Å². The maximum Gasteiger partial charge on any atom is 0.272 e. The molecule has 3 N–H and O–H groups in total. The number of nitrogens with two attached hydrogens (primary N) is 1. The Hall–Kier alpha value is -2.18. The highest BCUT2D eigenvalue weighted by Crippen LogP contribution is 2.22. The van der Waals surface area contributed by atoms with Crippen LogP contribution in [-0.2, 0) is 4.74 Å². The first-order valence-corrected chi connectivity index (χ1v) is 7.37. The van der Waals surface area contributed by atoms with Gasteiger partial charge in [0.15, 0.2) is 0 Å². The Balaban J connectivity index is 1.83. The summed E-state index contributed by atoms with van der Waals surface area (Å²) in [5.41, 5.74) is 8.11. The fourth-order valence-corrected chi connectivity index (χ4v) is 2.80. The number of amides is 1. The molecule has 116 valence electrons. The number of likely N-dealkylation sites (tertiary alicyclic amines) is 1. The molecule has 1 saturated heterocycles. The maximum atomic E-state index is 12.8. The van der Waals surface area contributed by atoms with Gasteiger partial charge in [0.1, 0.15) is 11.4 Å². The summed E-state index contributed by atoms with van der Waals surface area (Å²) in [7, 11) is 1.63. The molecule has 1 aromatic heterocycles. The van der Waals surface area contributed by atoms with E-state index in [1.165, 1.54) is 0 Å². The minimum absolute atomic E-state index is 0.0237. The molecular weight excluding hydrogens is 280 g/mol. The third kappa shape index (κ3) is 2.75. The zero-order chi connectivity index (χ0) is 15.5. The molecule has 0 unspecified atom stereocenters. The number of rotatable bonds is 3. The van der Waals surface area contributed by atoms with Crippen molar-refractivity contribution in [2.24, 2.45) is 5.73 Å². The minimum Gasteiger partial charge on any atom is -0.378 e. The molecule has 0 spiro atoms. The molecule has 2 atom stereocenters. The normalized spacial score (nSPS) is 21.8. The van der Waals surface area contributed by atoms with Crippen LogP contribution in [0, 0.1) is 0 Å². The topological polar surface area (TPSA) is 84.2 Å². The van der Waals surface area contributed by atoms with Gasteiger partial charge in [-0.3, -0.25) is 4.79 Å². The van der Waals surface area contributed by atoms with E-state index < -0.39 is 0 Å². The standard InChI is InChI=1S/C16H20N4O2/c1-22-13-9-20(8-7-12(13)17)16(21)15-14(18-10-19-15)11-5-3-2-4-6-11/h2-6,10,12-13H,7-9,17H2,1H3,(H,18,19)/t12-,13+/m0/s1. The van der Waals surface area contributed by atoms with E-state index in [-0.39, 0.29) is 18.1 Å². The van der Waals surface area contributed by atoms with Crippen LogP contribution >= 0.6 is 0 Å². The van der Waals surface area contributed by atoms with Gasteiger partial charge < -0.3 is 20.4 Å². The molecule has 1 aliphatic rings. The molecule has 0 radical (unpaired) electrons. The molecule has 1 aromatic carbocycles. The van der Waals surface area contributed by atoms with Gasteiger partial charge in [-0.2, -0.15) is 0 Å². The summed E-state index contributed by atoms with van der Waals surface area (Å²) < 4.78 is 5.37. The fraction of sp³-hybridized carbons (Fsp3) is 0.375. The largest absolute Gasteiger partial charge is 0.378 e. The van der Waals surface area contributed by atoms with Crippen LogP contribution in [0.3, 0.4) is 0 Å². The first-order valence-electron chi connectivity index (χ1n) is 7.37. The number of piperidine rings is 1. The van der Waals surface area contributed by atoms with Crippen molar-refractivity contribution in [1.82, 2.24) is 14.9 Å². The number of methoxy groups -OCH3 is 1. The number of carbonyl (C=O) groups is 1. The van der Waals surface area contributed by atoms with E-state index >= 15 is 0 Å². The van der Waals surface area contributed by atoms with E-state index in [1.807, 2.05) is 30.3 Å². The van der Waals surface area contributed by atoms with E-state index in [9.17, 15) is 4.79 Å². The number of ether oxygens (including phenoxy) is 1. The van der Waals surface area contributed by atoms with Crippen LogP contribution in [0.1, 0.15) is 16.9 Å². The molecule has 2 heterocycles. The number of nitrogens with zero attached hydrogens (tertiary/aromatic N) is 2. The quantitative estimate of drug-likeness (QED) is 0.894. The monoisotopic (exact) mass is 300 g/mol. The number of hydrogen-bond acceptors (Lipinski definition) is 4. The Morgan fingerprint density at radius 1 is 1.41 bits per heavy atom. The van der Waals surface area contributed by atoms with Crippen LogP contribution in [0.15, 0.2) is 36.7 Å². The van der Waals surface area contributed by atoms with Gasteiger partial charge in [0.2, 0.25) is 0 Å². The minimum atomic E-state index is -0.124. The predicted molar refractivity (Wildman–Crippen MR) is 83.3 cm³/mol. The first-order chi connectivity index (χ1) is 10.7. The number of aromatic nitrogens is 2. The van der Waals surface area contributed by atoms with E-state index in [1.54, 1.807) is 18.3 Å². The molecule has 2 aromatic rings. The maximum absolute atomic E-state index is 12.8. The number of hydrogen-bond donors (Lipinski definition) is 2. The first kappa shape index (κ1) is 14.7. The Morgan fingerprint density at radius 3 is 2.91 bits per heavy atom. The zero-order valence-electron chi connectivity index (χ0n) is 12.5. The summed E-state index contributed by atoms with van der Waals surface area (Å²) in [5, 5.41) is 0. The molecule has 0 bridgehead atoms. The second kappa shape index (κ2) is 6.29. The lowest BCUT2D eigenvalue weighted by Gasteiger charge is -2.35. The van der Waals surface area contributed by atoms with Crippen LogP contribution in [-0.4, -0.2) is 53.1 Å². The average Bonchev–Trinajstić information content (AvgIpc) is 3.05. The number of aromatic amines is 1. The molecule has 6 heteroatoms. The second-order valence-corrected chi connectivity index (χ2v) is 5.47. The lowest BCUT2D eigenvalue weighted by Crippen LogP contribution is -2.53. The van der Waals surface area contributed by atoms with Crippen LogP contribution < -0.4 is 5.73 Å². The van der Waals surface area contributed by atoms with Gasteiger partial charge in [0.25, 0.3) is 5.91 Å². The molecule has 0 aliphatic carbocycles. The van der Waals surface area contributed by atoms with Gasteiger partial charge in [0, 0.05) is 31.8 Å². The van der Waals surface area contributed by atoms with Gasteiger partial charge in [-0.25, -0.2) is 4.98 Å². The molecule has 1 aliphatic heterocycles. The van der Waals surface area contributed by atoms with Crippen molar-refractivity contribution in [2.75, 3.05) is 20.2 Å². The second-order valence-electron chi connectivity index (χ2n) is 5.47. The third-order valence-electron chi connectivity index (χ3n) is 4.10. The number of benzene rings is 1. The summed E-state index contributed by atoms with van der Waals surface area (Å²) >= 11 is 0. The summed E-state index contributed by atoms with van der Waals surface area (Å²) in [5.74, 6) is -0.0645. The van der Waals surface area contributed by atoms with Crippen molar-refractivity contribution in [2.45, 2.75) is 18.6 Å². The third-order valence-corrected chi connectivity index (χ3v) is 4.10. The van der Waals surface area contributed by atoms with E-state index in [0.29, 0.717) is 24.5 Å². The smallest absolute Gasteiger partial charge is 0.272 e. The Morgan fingerprint density at radius 2 is 2.18 bits per heavy atom. The number of H-pyrrole nitrogens is 1. The van der Waals surface area contributed by atoms with E-state index in [2.05, 4.69) is 9.97 Å². The lowest BCUT2D eigenvalue weighted by molar-refractivity contribution is 0.0160. The molecule has 22 heavy (non-hydrogen) atoms. The zero-order valence-corrected chi connectivity index (χ0v) is 12.5. The van der Waals surface area contributed by atoms with Crippen LogP contribution in [0.2, 0.25) is 0 Å². The van der Waals surface area contributed by atoms with Crippen molar-refractivity contribution in [3.8, 4) is 11.3 Å². The fourth-order valence-electron chi connectivity index (χ4n) is 2.80. The van der Waals surface area contributed by atoms with Crippen molar-refractivity contribution in [1.29, 1.82) is 0 Å². The van der Waals surface area contributed by atoms with Crippen molar-refractivity contribution < 1.29 is 9.53 Å². The highest BCUT2D eigenvalue weighted by Gasteiger charge is 2.31. The molecule has 6 nitrogen and oxygen atoms in total. The lowest BCUT2D eigenvalue weighted by atomic mass is 10.0. The highest BCUT2D eigenvalue weighted by molar-refractivity contribution is 5.98. The van der Waals surface area contributed by atoms with Crippen molar-refractivity contribution in [3.63, 3.8) is 0 Å². The summed E-state index contributed by atoms with van der Waals surface area (Å²) in [6.07, 6.45) is 2.17. The van der Waals surface area contributed by atoms with E-state index in [4.69, 9.17) is 10.5 Å². The van der Waals surface area contributed by atoms with Gasteiger partial charge in [-0.1, -0.05) is 30.3 Å². The molecule has 1 fully saturated rings. The van der Waals surface area contributed by atoms with Crippen molar-refractivity contribution >= 4 is 5.91 Å². The van der Waals surface area contributed by atoms with Crippen LogP contribution in [0.5, 0.6) is 0 Å². The van der Waals surface area contributed by atoms with Crippen molar-refractivity contribution in [3.05, 3.63) is 42.4 Å². The number of imidazole rings is 1. The molecule has 0 saturated carbocycles. The Bertz CT molecular complexity index is 641. The van der Waals surface area contributed by atoms with Gasteiger partial charge in [0.05, 0.1) is 12.4 Å². The Kier molecular flexibility index (Phi) is 4.22. The Labute approximate surface area is 129 Å². The predicted octanol–water partition coefficient (Wildman–Crippen LogP) is 1.26. The van der Waals surface area contributed by atoms with Crippen LogP contribution in [0.25, 0.3) is 11.3 Å². The summed E-state index contributed by atoms with van der Waals surface area (Å²) in [6, 6.07) is 9.66.